The molecule has 4 heteroatoms. The third kappa shape index (κ3) is 3.60. The summed E-state index contributed by atoms with van der Waals surface area (Å²) < 4.78 is 13.6. The van der Waals surface area contributed by atoms with Gasteiger partial charge in [-0.05, 0) is 65.2 Å². The first-order valence-corrected chi connectivity index (χ1v) is 11.3. The molecule has 0 unspecified atom stereocenters. The molecule has 2 nitrogen and oxygen atoms in total. The fourth-order valence-electron chi connectivity index (χ4n) is 4.47. The summed E-state index contributed by atoms with van der Waals surface area (Å²) in [5, 5.41) is 2.70. The number of rotatable bonds is 3. The second-order valence-electron chi connectivity index (χ2n) is 8.15. The summed E-state index contributed by atoms with van der Waals surface area (Å²) in [6.07, 6.45) is 1.83. The van der Waals surface area contributed by atoms with Crippen molar-refractivity contribution in [1.29, 1.82) is 0 Å². The molecule has 0 saturated carbocycles. The molecule has 0 bridgehead atoms. The highest BCUT2D eigenvalue weighted by molar-refractivity contribution is 6.30. The molecule has 2 heterocycles. The Morgan fingerprint density at radius 3 is 2.24 bits per heavy atom. The Morgan fingerprint density at radius 1 is 0.588 bits per heavy atom. The monoisotopic (exact) mass is 460 g/mol. The summed E-state index contributed by atoms with van der Waals surface area (Å²) in [5.41, 5.74) is 7.55. The second-order valence-corrected chi connectivity index (χ2v) is 8.59. The van der Waals surface area contributed by atoms with Gasteiger partial charge in [0.15, 0.2) is 0 Å². The number of hydrogen-bond acceptors (Lipinski definition) is 2. The Labute approximate surface area is 201 Å². The lowest BCUT2D eigenvalue weighted by molar-refractivity contribution is 0.628. The van der Waals surface area contributed by atoms with Crippen LogP contribution in [0.1, 0.15) is 0 Å². The molecule has 0 fully saturated rings. The smallest absolute Gasteiger partial charge is 0.123 e. The summed E-state index contributed by atoms with van der Waals surface area (Å²) in [7, 11) is 0. The fraction of sp³-hybridized carbons (Fsp3) is 0. The summed E-state index contributed by atoms with van der Waals surface area (Å²) >= 11 is 6.36. The average Bonchev–Trinajstić information content (AvgIpc) is 2.88. The second kappa shape index (κ2) is 8.36. The summed E-state index contributed by atoms with van der Waals surface area (Å²) in [6.45, 7) is 0. The minimum absolute atomic E-state index is 0.255. The lowest BCUT2D eigenvalue weighted by atomic mass is 9.92. The number of aromatic nitrogens is 2. The molecule has 0 saturated heterocycles. The first-order chi connectivity index (χ1) is 16.7. The van der Waals surface area contributed by atoms with Crippen molar-refractivity contribution in [2.45, 2.75) is 0 Å². The predicted octanol–water partition coefficient (Wildman–Crippen LogP) is 8.58. The van der Waals surface area contributed by atoms with Gasteiger partial charge < -0.3 is 0 Å². The van der Waals surface area contributed by atoms with Crippen LogP contribution in [0.3, 0.4) is 0 Å². The summed E-state index contributed by atoms with van der Waals surface area (Å²) in [5.74, 6) is -0.255. The molecule has 4 aromatic carbocycles. The number of para-hydroxylation sites is 1. The molecule has 2 aromatic heterocycles. The van der Waals surface area contributed by atoms with E-state index in [2.05, 4.69) is 17.1 Å². The van der Waals surface area contributed by atoms with Crippen LogP contribution < -0.4 is 0 Å². The Bertz CT molecular complexity index is 1670. The van der Waals surface area contributed by atoms with E-state index in [1.807, 2.05) is 72.9 Å². The van der Waals surface area contributed by atoms with Gasteiger partial charge in [0.1, 0.15) is 5.82 Å². The largest absolute Gasteiger partial charge is 0.256 e. The topological polar surface area (TPSA) is 25.8 Å². The molecule has 6 aromatic rings. The van der Waals surface area contributed by atoms with Gasteiger partial charge in [-0.3, -0.25) is 4.98 Å². The van der Waals surface area contributed by atoms with Gasteiger partial charge >= 0.3 is 0 Å². The summed E-state index contributed by atoms with van der Waals surface area (Å²) in [4.78, 5) is 9.66. The van der Waals surface area contributed by atoms with Gasteiger partial charge in [0.25, 0.3) is 0 Å². The zero-order valence-electron chi connectivity index (χ0n) is 18.0. The van der Waals surface area contributed by atoms with Crippen LogP contribution in [-0.4, -0.2) is 9.97 Å². The van der Waals surface area contributed by atoms with Crippen LogP contribution in [0.5, 0.6) is 0 Å². The van der Waals surface area contributed by atoms with Crippen molar-refractivity contribution < 1.29 is 4.39 Å². The molecule has 0 amide bonds. The number of nitrogens with zero attached hydrogens (tertiary/aromatic N) is 2. The van der Waals surface area contributed by atoms with Gasteiger partial charge in [-0.15, -0.1) is 0 Å². The zero-order chi connectivity index (χ0) is 23.1. The van der Waals surface area contributed by atoms with Crippen LogP contribution in [0.15, 0.2) is 109 Å². The molecular formula is C30H18ClFN2. The van der Waals surface area contributed by atoms with Crippen molar-refractivity contribution in [1.82, 2.24) is 9.97 Å². The molecule has 0 aliphatic heterocycles. The SMILES string of the molecule is Fc1ccc(-c2cccc3nc(-c4cccc(Cl)c4)c(-c4ccnc5ccccc45)cc23)cc1. The lowest BCUT2D eigenvalue weighted by Gasteiger charge is -2.15. The van der Waals surface area contributed by atoms with Gasteiger partial charge in [0.2, 0.25) is 0 Å². The van der Waals surface area contributed by atoms with E-state index in [0.29, 0.717) is 5.02 Å². The normalized spacial score (nSPS) is 11.2. The minimum atomic E-state index is -0.255. The van der Waals surface area contributed by atoms with Crippen LogP contribution in [0, 0.1) is 5.82 Å². The molecule has 0 atom stereocenters. The van der Waals surface area contributed by atoms with E-state index < -0.39 is 0 Å². The van der Waals surface area contributed by atoms with Crippen molar-refractivity contribution in [2.75, 3.05) is 0 Å². The Balaban J connectivity index is 1.70. The van der Waals surface area contributed by atoms with Crippen LogP contribution in [0.4, 0.5) is 4.39 Å². The van der Waals surface area contributed by atoms with E-state index >= 15 is 0 Å². The van der Waals surface area contributed by atoms with Gasteiger partial charge in [0.05, 0.1) is 16.7 Å². The van der Waals surface area contributed by atoms with Crippen molar-refractivity contribution in [3.8, 4) is 33.5 Å². The van der Waals surface area contributed by atoms with Crippen molar-refractivity contribution in [3.05, 3.63) is 120 Å². The zero-order valence-corrected chi connectivity index (χ0v) is 18.8. The lowest BCUT2D eigenvalue weighted by Crippen LogP contribution is -1.94. The van der Waals surface area contributed by atoms with Crippen LogP contribution in [0.25, 0.3) is 55.3 Å². The third-order valence-electron chi connectivity index (χ3n) is 6.05. The van der Waals surface area contributed by atoms with Gasteiger partial charge in [-0.1, -0.05) is 66.2 Å². The number of pyridine rings is 2. The molecule has 6 rings (SSSR count). The maximum atomic E-state index is 13.6. The Kier molecular flexibility index (Phi) is 5.05. The molecular weight excluding hydrogens is 443 g/mol. The molecule has 0 N–H and O–H groups in total. The first-order valence-electron chi connectivity index (χ1n) is 11.0. The molecule has 0 radical (unpaired) electrons. The van der Waals surface area contributed by atoms with Crippen LogP contribution in [-0.2, 0) is 0 Å². The van der Waals surface area contributed by atoms with Gasteiger partial charge in [-0.2, -0.15) is 0 Å². The number of hydrogen-bond donors (Lipinski definition) is 0. The molecule has 0 aliphatic rings. The van der Waals surface area contributed by atoms with Crippen LogP contribution >= 0.6 is 11.6 Å². The highest BCUT2D eigenvalue weighted by Gasteiger charge is 2.16. The van der Waals surface area contributed by atoms with E-state index in [-0.39, 0.29) is 5.82 Å². The first kappa shape index (κ1) is 20.5. The van der Waals surface area contributed by atoms with E-state index in [9.17, 15) is 4.39 Å². The molecule has 162 valence electrons. The molecule has 0 aliphatic carbocycles. The number of benzene rings is 4. The minimum Gasteiger partial charge on any atom is -0.256 e. The van der Waals surface area contributed by atoms with Gasteiger partial charge in [0, 0.05) is 33.1 Å². The maximum absolute atomic E-state index is 13.6. The predicted molar refractivity (Wildman–Crippen MR) is 138 cm³/mol. The summed E-state index contributed by atoms with van der Waals surface area (Å²) in [6, 6.07) is 32.7. The molecule has 34 heavy (non-hydrogen) atoms. The van der Waals surface area contributed by atoms with Gasteiger partial charge in [-0.25, -0.2) is 9.37 Å². The Morgan fingerprint density at radius 2 is 1.38 bits per heavy atom. The van der Waals surface area contributed by atoms with Crippen molar-refractivity contribution in [2.24, 2.45) is 0 Å². The standard InChI is InChI=1S/C30H18ClFN2/c31-21-6-3-5-20(17-21)30-27(24-15-16-33-28-9-2-1-7-25(24)28)18-26-23(8-4-10-29(26)34-30)19-11-13-22(32)14-12-19/h1-18H. The van der Waals surface area contributed by atoms with Crippen LogP contribution in [0.2, 0.25) is 5.02 Å². The van der Waals surface area contributed by atoms with E-state index in [1.54, 1.807) is 12.1 Å². The average molecular weight is 461 g/mol. The highest BCUT2D eigenvalue weighted by atomic mass is 35.5. The quantitative estimate of drug-likeness (QED) is 0.264. The maximum Gasteiger partial charge on any atom is 0.123 e. The third-order valence-corrected chi connectivity index (χ3v) is 6.29. The fourth-order valence-corrected chi connectivity index (χ4v) is 4.66. The highest BCUT2D eigenvalue weighted by Crippen LogP contribution is 2.39. The van der Waals surface area contributed by atoms with E-state index in [0.717, 1.165) is 55.3 Å². The van der Waals surface area contributed by atoms with E-state index in [1.165, 1.54) is 12.1 Å². The number of halogens is 2. The Hall–Kier alpha value is -4.08. The molecule has 0 spiro atoms. The van der Waals surface area contributed by atoms with Crippen molar-refractivity contribution >= 4 is 33.4 Å². The number of fused-ring (bicyclic) bond motifs is 2. The van der Waals surface area contributed by atoms with E-state index in [4.69, 9.17) is 16.6 Å². The van der Waals surface area contributed by atoms with Crippen molar-refractivity contribution in [3.63, 3.8) is 0 Å².